The SMILES string of the molecule is Cc1nc(NC(C)(C)C)cc(N2CCN(c3cccc(Cl)c3)CC2)n1. The molecule has 1 fully saturated rings. The number of piperazine rings is 1. The monoisotopic (exact) mass is 359 g/mol. The highest BCUT2D eigenvalue weighted by molar-refractivity contribution is 6.30. The van der Waals surface area contributed by atoms with Gasteiger partial charge in [0.2, 0.25) is 0 Å². The van der Waals surface area contributed by atoms with Crippen molar-refractivity contribution >= 4 is 28.9 Å². The maximum Gasteiger partial charge on any atom is 0.134 e. The highest BCUT2D eigenvalue weighted by Crippen LogP contribution is 2.24. The molecule has 2 heterocycles. The van der Waals surface area contributed by atoms with Crippen molar-refractivity contribution in [3.63, 3.8) is 0 Å². The van der Waals surface area contributed by atoms with Crippen LogP contribution < -0.4 is 15.1 Å². The minimum Gasteiger partial charge on any atom is -0.368 e. The number of aromatic nitrogens is 2. The molecule has 134 valence electrons. The second kappa shape index (κ2) is 7.08. The molecule has 1 aliphatic heterocycles. The topological polar surface area (TPSA) is 44.3 Å². The molecule has 6 heteroatoms. The fourth-order valence-corrected chi connectivity index (χ4v) is 3.21. The first-order valence-electron chi connectivity index (χ1n) is 8.69. The summed E-state index contributed by atoms with van der Waals surface area (Å²) in [6, 6.07) is 10.1. The number of nitrogens with zero attached hydrogens (tertiary/aromatic N) is 4. The van der Waals surface area contributed by atoms with Crippen molar-refractivity contribution in [1.29, 1.82) is 0 Å². The summed E-state index contributed by atoms with van der Waals surface area (Å²) in [6.07, 6.45) is 0. The van der Waals surface area contributed by atoms with Gasteiger partial charge in [-0.3, -0.25) is 0 Å². The lowest BCUT2D eigenvalue weighted by Gasteiger charge is -2.37. The third-order valence-electron chi connectivity index (χ3n) is 4.10. The van der Waals surface area contributed by atoms with Crippen LogP contribution in [0.3, 0.4) is 0 Å². The third-order valence-corrected chi connectivity index (χ3v) is 4.34. The lowest BCUT2D eigenvalue weighted by Crippen LogP contribution is -2.47. The Labute approximate surface area is 155 Å². The molecule has 3 rings (SSSR count). The fourth-order valence-electron chi connectivity index (χ4n) is 3.03. The smallest absolute Gasteiger partial charge is 0.134 e. The van der Waals surface area contributed by atoms with Crippen LogP contribution in [0.25, 0.3) is 0 Å². The quantitative estimate of drug-likeness (QED) is 0.898. The largest absolute Gasteiger partial charge is 0.368 e. The second-order valence-corrected chi connectivity index (χ2v) is 7.92. The molecule has 1 saturated heterocycles. The van der Waals surface area contributed by atoms with Gasteiger partial charge < -0.3 is 15.1 Å². The van der Waals surface area contributed by atoms with Gasteiger partial charge in [0.05, 0.1) is 0 Å². The third kappa shape index (κ3) is 4.75. The molecule has 2 aromatic rings. The Bertz CT molecular complexity index is 733. The number of benzene rings is 1. The van der Waals surface area contributed by atoms with Crippen LogP contribution in [0.5, 0.6) is 0 Å². The first kappa shape index (κ1) is 17.8. The highest BCUT2D eigenvalue weighted by Gasteiger charge is 2.20. The van der Waals surface area contributed by atoms with E-state index in [1.165, 1.54) is 5.69 Å². The lowest BCUT2D eigenvalue weighted by atomic mass is 10.1. The van der Waals surface area contributed by atoms with Crippen LogP contribution in [-0.4, -0.2) is 41.7 Å². The summed E-state index contributed by atoms with van der Waals surface area (Å²) in [5, 5.41) is 4.22. The van der Waals surface area contributed by atoms with Crippen LogP contribution in [0, 0.1) is 6.92 Å². The van der Waals surface area contributed by atoms with E-state index < -0.39 is 0 Å². The zero-order chi connectivity index (χ0) is 18.0. The van der Waals surface area contributed by atoms with Crippen LogP contribution in [0.2, 0.25) is 5.02 Å². The number of nitrogens with one attached hydrogen (secondary N) is 1. The summed E-state index contributed by atoms with van der Waals surface area (Å²) in [5.74, 6) is 2.67. The van der Waals surface area contributed by atoms with E-state index in [0.717, 1.165) is 48.7 Å². The summed E-state index contributed by atoms with van der Waals surface area (Å²) in [4.78, 5) is 13.8. The van der Waals surface area contributed by atoms with E-state index in [4.69, 9.17) is 11.6 Å². The molecule has 0 spiro atoms. The molecule has 0 radical (unpaired) electrons. The van der Waals surface area contributed by atoms with Crippen LogP contribution in [-0.2, 0) is 0 Å². The van der Waals surface area contributed by atoms with Gasteiger partial charge in [-0.25, -0.2) is 9.97 Å². The summed E-state index contributed by atoms with van der Waals surface area (Å²) >= 11 is 6.12. The molecule has 1 aromatic heterocycles. The molecule has 1 aliphatic rings. The number of anilines is 3. The average Bonchev–Trinajstić information content (AvgIpc) is 2.53. The standard InChI is InChI=1S/C19H26ClN5/c1-14-21-17(23-19(2,3)4)13-18(22-14)25-10-8-24(9-11-25)16-7-5-6-15(20)12-16/h5-7,12-13H,8-11H2,1-4H3,(H,21,22,23). The number of halogens is 1. The molecule has 0 amide bonds. The molecule has 0 atom stereocenters. The molecule has 0 unspecified atom stereocenters. The van der Waals surface area contributed by atoms with Gasteiger partial charge in [0, 0.05) is 48.5 Å². The summed E-state index contributed by atoms with van der Waals surface area (Å²) in [7, 11) is 0. The van der Waals surface area contributed by atoms with E-state index >= 15 is 0 Å². The number of hydrogen-bond donors (Lipinski definition) is 1. The van der Waals surface area contributed by atoms with Crippen LogP contribution >= 0.6 is 11.6 Å². The first-order chi connectivity index (χ1) is 11.8. The molecule has 5 nitrogen and oxygen atoms in total. The Morgan fingerprint density at radius 2 is 1.68 bits per heavy atom. The van der Waals surface area contributed by atoms with Gasteiger partial charge >= 0.3 is 0 Å². The van der Waals surface area contributed by atoms with E-state index in [1.54, 1.807) is 0 Å². The minimum atomic E-state index is -0.0245. The fraction of sp³-hybridized carbons (Fsp3) is 0.474. The molecule has 0 aliphatic carbocycles. The Kier molecular flexibility index (Phi) is 5.04. The van der Waals surface area contributed by atoms with Crippen molar-refractivity contribution < 1.29 is 0 Å². The van der Waals surface area contributed by atoms with Gasteiger partial charge in [0.25, 0.3) is 0 Å². The maximum atomic E-state index is 6.12. The van der Waals surface area contributed by atoms with Crippen molar-refractivity contribution in [2.45, 2.75) is 33.2 Å². The van der Waals surface area contributed by atoms with Crippen molar-refractivity contribution in [2.75, 3.05) is 41.3 Å². The van der Waals surface area contributed by atoms with Crippen molar-refractivity contribution in [3.05, 3.63) is 41.2 Å². The maximum absolute atomic E-state index is 6.12. The van der Waals surface area contributed by atoms with Gasteiger partial charge in [0.15, 0.2) is 0 Å². The minimum absolute atomic E-state index is 0.0245. The van der Waals surface area contributed by atoms with Gasteiger partial charge in [-0.2, -0.15) is 0 Å². The Morgan fingerprint density at radius 3 is 2.32 bits per heavy atom. The number of aryl methyl sites for hydroxylation is 1. The summed E-state index contributed by atoms with van der Waals surface area (Å²) in [6.45, 7) is 12.1. The predicted octanol–water partition coefficient (Wildman–Crippen LogP) is 3.98. The normalized spacial score (nSPS) is 15.4. The summed E-state index contributed by atoms with van der Waals surface area (Å²) < 4.78 is 0. The second-order valence-electron chi connectivity index (χ2n) is 7.49. The zero-order valence-electron chi connectivity index (χ0n) is 15.4. The van der Waals surface area contributed by atoms with Crippen molar-refractivity contribution in [3.8, 4) is 0 Å². The Balaban J connectivity index is 1.70. The molecule has 25 heavy (non-hydrogen) atoms. The lowest BCUT2D eigenvalue weighted by molar-refractivity contribution is 0.626. The van der Waals surface area contributed by atoms with E-state index in [0.29, 0.717) is 0 Å². The van der Waals surface area contributed by atoms with Gasteiger partial charge in [0.1, 0.15) is 17.5 Å². The van der Waals surface area contributed by atoms with Crippen molar-refractivity contribution in [1.82, 2.24) is 9.97 Å². The number of rotatable bonds is 3. The van der Waals surface area contributed by atoms with E-state index in [9.17, 15) is 0 Å². The highest BCUT2D eigenvalue weighted by atomic mass is 35.5. The predicted molar refractivity (Wildman–Crippen MR) is 106 cm³/mol. The first-order valence-corrected chi connectivity index (χ1v) is 9.07. The van der Waals surface area contributed by atoms with E-state index in [1.807, 2.05) is 31.2 Å². The number of hydrogen-bond acceptors (Lipinski definition) is 5. The molecule has 0 bridgehead atoms. The van der Waals surface area contributed by atoms with Crippen LogP contribution in [0.15, 0.2) is 30.3 Å². The van der Waals surface area contributed by atoms with Crippen LogP contribution in [0.1, 0.15) is 26.6 Å². The Morgan fingerprint density at radius 1 is 1.00 bits per heavy atom. The van der Waals surface area contributed by atoms with E-state index in [2.05, 4.69) is 51.9 Å². The van der Waals surface area contributed by atoms with E-state index in [-0.39, 0.29) is 5.54 Å². The molecule has 1 aromatic carbocycles. The van der Waals surface area contributed by atoms with Gasteiger partial charge in [-0.1, -0.05) is 17.7 Å². The van der Waals surface area contributed by atoms with Gasteiger partial charge in [-0.05, 0) is 45.9 Å². The Hall–Kier alpha value is -2.01. The zero-order valence-corrected chi connectivity index (χ0v) is 16.1. The molecule has 0 saturated carbocycles. The molecular formula is C19H26ClN5. The van der Waals surface area contributed by atoms with Gasteiger partial charge in [-0.15, -0.1) is 0 Å². The van der Waals surface area contributed by atoms with Crippen molar-refractivity contribution in [2.24, 2.45) is 0 Å². The summed E-state index contributed by atoms with van der Waals surface area (Å²) in [5.41, 5.74) is 1.16. The molecule has 1 N–H and O–H groups in total. The average molecular weight is 360 g/mol. The van der Waals surface area contributed by atoms with Crippen LogP contribution in [0.4, 0.5) is 17.3 Å². The molecular weight excluding hydrogens is 334 g/mol.